The molecule has 4 rings (SSSR count). The van der Waals surface area contributed by atoms with Crippen molar-refractivity contribution in [3.8, 4) is 17.4 Å². The van der Waals surface area contributed by atoms with Gasteiger partial charge in [-0.15, -0.1) is 0 Å². The predicted molar refractivity (Wildman–Crippen MR) is 68.2 cm³/mol. The Labute approximate surface area is 113 Å². The molecule has 0 aliphatic carbocycles. The van der Waals surface area contributed by atoms with Crippen molar-refractivity contribution in [2.45, 2.75) is 0 Å². The average Bonchev–Trinajstić information content (AvgIpc) is 3.04. The summed E-state index contributed by atoms with van der Waals surface area (Å²) in [6, 6.07) is 5.26. The van der Waals surface area contributed by atoms with E-state index < -0.39 is 0 Å². The minimum atomic E-state index is -0.229. The van der Waals surface area contributed by atoms with Gasteiger partial charge in [-0.05, 0) is 0 Å². The second-order valence-electron chi connectivity index (χ2n) is 3.92. The van der Waals surface area contributed by atoms with Crippen molar-refractivity contribution < 1.29 is 9.47 Å². The molecule has 0 unspecified atom stereocenters. The summed E-state index contributed by atoms with van der Waals surface area (Å²) in [5.41, 5.74) is -0.0838. The molecule has 0 bridgehead atoms. The van der Waals surface area contributed by atoms with Gasteiger partial charge in [0.05, 0.1) is 0 Å². The van der Waals surface area contributed by atoms with E-state index in [9.17, 15) is 4.79 Å². The SMILES string of the molecule is O=c1c2ccc3c(c2[se]n1-c1ncccn1)OCO3. The molecule has 3 aromatic rings. The van der Waals surface area contributed by atoms with Crippen LogP contribution in [-0.4, -0.2) is 35.1 Å². The van der Waals surface area contributed by atoms with Crippen molar-refractivity contribution in [3.05, 3.63) is 40.9 Å². The van der Waals surface area contributed by atoms with Crippen LogP contribution in [0.5, 0.6) is 11.5 Å². The number of rotatable bonds is 1. The number of aromatic nitrogens is 3. The molecule has 2 aromatic heterocycles. The van der Waals surface area contributed by atoms with Crippen LogP contribution in [0.2, 0.25) is 0 Å². The Kier molecular flexibility index (Phi) is 2.24. The fourth-order valence-electron chi connectivity index (χ4n) is 1.98. The topological polar surface area (TPSA) is 66.2 Å². The molecule has 6 nitrogen and oxygen atoms in total. The van der Waals surface area contributed by atoms with Gasteiger partial charge in [0, 0.05) is 0 Å². The van der Waals surface area contributed by atoms with Gasteiger partial charge in [0.2, 0.25) is 0 Å². The van der Waals surface area contributed by atoms with E-state index in [-0.39, 0.29) is 27.1 Å². The van der Waals surface area contributed by atoms with Crippen LogP contribution < -0.4 is 15.0 Å². The molecule has 1 aliphatic heterocycles. The van der Waals surface area contributed by atoms with Crippen molar-refractivity contribution in [1.29, 1.82) is 0 Å². The Morgan fingerprint density at radius 1 is 1.21 bits per heavy atom. The average molecular weight is 320 g/mol. The first kappa shape index (κ1) is 10.8. The molecule has 19 heavy (non-hydrogen) atoms. The van der Waals surface area contributed by atoms with Gasteiger partial charge in [0.15, 0.2) is 0 Å². The van der Waals surface area contributed by atoms with E-state index in [0.29, 0.717) is 22.8 Å². The maximum absolute atomic E-state index is 12.4. The van der Waals surface area contributed by atoms with Crippen LogP contribution in [0.15, 0.2) is 35.4 Å². The van der Waals surface area contributed by atoms with E-state index in [1.807, 2.05) is 0 Å². The minimum absolute atomic E-state index is 0.0838. The first-order chi connectivity index (χ1) is 9.34. The van der Waals surface area contributed by atoms with Gasteiger partial charge in [0.25, 0.3) is 0 Å². The van der Waals surface area contributed by atoms with E-state index in [4.69, 9.17) is 9.47 Å². The second-order valence-corrected chi connectivity index (χ2v) is 5.92. The van der Waals surface area contributed by atoms with Crippen LogP contribution in [-0.2, 0) is 0 Å². The van der Waals surface area contributed by atoms with Gasteiger partial charge in [-0.2, -0.15) is 0 Å². The number of hydrogen-bond acceptors (Lipinski definition) is 5. The van der Waals surface area contributed by atoms with E-state index in [1.165, 1.54) is 0 Å². The molecule has 0 saturated heterocycles. The molecule has 0 radical (unpaired) electrons. The molecule has 1 aliphatic rings. The Bertz CT molecular complexity index is 825. The Hall–Kier alpha value is -2.11. The van der Waals surface area contributed by atoms with Gasteiger partial charge >= 0.3 is 113 Å². The molecule has 0 N–H and O–H groups in total. The van der Waals surface area contributed by atoms with Crippen LogP contribution in [0.4, 0.5) is 0 Å². The summed E-state index contributed by atoms with van der Waals surface area (Å²) in [5.74, 6) is 1.81. The first-order valence-electron chi connectivity index (χ1n) is 5.56. The third-order valence-electron chi connectivity index (χ3n) is 2.82. The zero-order valence-corrected chi connectivity index (χ0v) is 11.3. The molecule has 0 fully saturated rings. The van der Waals surface area contributed by atoms with Crippen LogP contribution in [0.25, 0.3) is 15.6 Å². The van der Waals surface area contributed by atoms with E-state index in [2.05, 4.69) is 9.97 Å². The summed E-state index contributed by atoms with van der Waals surface area (Å²) in [6.07, 6.45) is 3.25. The van der Waals surface area contributed by atoms with Crippen molar-refractivity contribution in [2.75, 3.05) is 6.79 Å². The number of benzene rings is 1. The molecule has 0 spiro atoms. The van der Waals surface area contributed by atoms with Gasteiger partial charge in [-0.25, -0.2) is 0 Å². The van der Waals surface area contributed by atoms with Crippen LogP contribution in [0.3, 0.4) is 0 Å². The quantitative estimate of drug-likeness (QED) is 0.613. The van der Waals surface area contributed by atoms with Crippen LogP contribution in [0, 0.1) is 0 Å². The molecular weight excluding hydrogens is 313 g/mol. The van der Waals surface area contributed by atoms with Crippen LogP contribution in [0.1, 0.15) is 0 Å². The maximum atomic E-state index is 12.4. The van der Waals surface area contributed by atoms with Gasteiger partial charge < -0.3 is 0 Å². The molecular formula is C12H7N3O3Se. The van der Waals surface area contributed by atoms with Crippen molar-refractivity contribution in [3.63, 3.8) is 0 Å². The van der Waals surface area contributed by atoms with Gasteiger partial charge in [-0.1, -0.05) is 0 Å². The molecule has 0 saturated carbocycles. The zero-order chi connectivity index (χ0) is 12.8. The second kappa shape index (κ2) is 3.94. The summed E-state index contributed by atoms with van der Waals surface area (Å²) < 4.78 is 13.3. The molecule has 0 atom stereocenters. The van der Waals surface area contributed by atoms with E-state index >= 15 is 0 Å². The number of ether oxygens (including phenoxy) is 2. The molecule has 1 aromatic carbocycles. The van der Waals surface area contributed by atoms with Crippen molar-refractivity contribution in [1.82, 2.24) is 13.5 Å². The van der Waals surface area contributed by atoms with Crippen molar-refractivity contribution in [2.24, 2.45) is 0 Å². The Morgan fingerprint density at radius 3 is 2.89 bits per heavy atom. The fraction of sp³-hybridized carbons (Fsp3) is 0.0833. The van der Waals surface area contributed by atoms with E-state index in [1.54, 1.807) is 34.2 Å². The normalized spacial score (nSPS) is 13.1. The van der Waals surface area contributed by atoms with Gasteiger partial charge in [0.1, 0.15) is 0 Å². The first-order valence-corrected chi connectivity index (χ1v) is 7.19. The van der Waals surface area contributed by atoms with Gasteiger partial charge in [-0.3, -0.25) is 0 Å². The number of hydrogen-bond donors (Lipinski definition) is 0. The Balaban J connectivity index is 2.05. The summed E-state index contributed by atoms with van der Waals surface area (Å²) in [5, 5.41) is 0.650. The number of fused-ring (bicyclic) bond motifs is 3. The zero-order valence-electron chi connectivity index (χ0n) is 9.57. The monoisotopic (exact) mass is 321 g/mol. The molecule has 0 amide bonds. The predicted octanol–water partition coefficient (Wildman–Crippen LogP) is 0.566. The van der Waals surface area contributed by atoms with Crippen molar-refractivity contribution >= 4 is 24.4 Å². The summed E-state index contributed by atoms with van der Waals surface area (Å²) in [6.45, 7) is 0.206. The summed E-state index contributed by atoms with van der Waals surface area (Å²) >= 11 is -0.229. The van der Waals surface area contributed by atoms with Crippen LogP contribution >= 0.6 is 0 Å². The third kappa shape index (κ3) is 1.52. The fourth-order valence-corrected chi connectivity index (χ4v) is 4.15. The molecule has 7 heteroatoms. The molecule has 94 valence electrons. The Morgan fingerprint density at radius 2 is 2.05 bits per heavy atom. The third-order valence-corrected chi connectivity index (χ3v) is 5.13. The summed E-state index contributed by atoms with van der Waals surface area (Å²) in [7, 11) is 0. The molecule has 3 heterocycles. The standard InChI is InChI=1S/C12H7N3O3Se/c16-11-7-2-3-8-9(18-6-17-8)10(7)19-15(11)12-13-4-1-5-14-12/h1-5H,6H2. The summed E-state index contributed by atoms with van der Waals surface area (Å²) in [4.78, 5) is 20.6. The van der Waals surface area contributed by atoms with E-state index in [0.717, 1.165) is 4.26 Å². The number of nitrogens with zero attached hydrogens (tertiary/aromatic N) is 3.